The molecule has 1 N–H and O–H groups in total. The largest absolute Gasteiger partial charge is 0.484 e. The van der Waals surface area contributed by atoms with Gasteiger partial charge in [-0.2, -0.15) is 0 Å². The first kappa shape index (κ1) is 19.0. The highest BCUT2D eigenvalue weighted by atomic mass is 79.9. The third-order valence-corrected chi connectivity index (χ3v) is 4.31. The molecule has 5 nitrogen and oxygen atoms in total. The zero-order chi connectivity index (χ0) is 18.2. The first-order valence-corrected chi connectivity index (χ1v) is 8.74. The molecule has 0 aliphatic heterocycles. The van der Waals surface area contributed by atoms with Gasteiger partial charge in [0, 0.05) is 18.1 Å². The SMILES string of the molecule is CNC(=O)[C@@H](C)N(Cc1ccccc1)C(=O)COc1ccc(Br)cc1. The van der Waals surface area contributed by atoms with E-state index in [9.17, 15) is 9.59 Å². The van der Waals surface area contributed by atoms with Gasteiger partial charge in [0.25, 0.3) is 5.91 Å². The number of carbonyl (C=O) groups is 2. The lowest BCUT2D eigenvalue weighted by molar-refractivity contribution is -0.142. The van der Waals surface area contributed by atoms with Crippen LogP contribution in [0.1, 0.15) is 12.5 Å². The van der Waals surface area contributed by atoms with Crippen LogP contribution in [0.2, 0.25) is 0 Å². The van der Waals surface area contributed by atoms with Crippen LogP contribution in [0.4, 0.5) is 0 Å². The second kappa shape index (κ2) is 9.22. The molecule has 132 valence electrons. The molecule has 0 radical (unpaired) electrons. The number of benzene rings is 2. The van der Waals surface area contributed by atoms with Gasteiger partial charge in [0.2, 0.25) is 5.91 Å². The lowest BCUT2D eigenvalue weighted by Gasteiger charge is -2.28. The maximum absolute atomic E-state index is 12.7. The Morgan fingerprint density at radius 1 is 1.12 bits per heavy atom. The van der Waals surface area contributed by atoms with Gasteiger partial charge in [-0.1, -0.05) is 46.3 Å². The maximum atomic E-state index is 12.7. The van der Waals surface area contributed by atoms with Gasteiger partial charge in [0.15, 0.2) is 6.61 Å². The third-order valence-electron chi connectivity index (χ3n) is 3.79. The number of nitrogens with zero attached hydrogens (tertiary/aromatic N) is 1. The Morgan fingerprint density at radius 3 is 2.36 bits per heavy atom. The Labute approximate surface area is 156 Å². The summed E-state index contributed by atoms with van der Waals surface area (Å²) < 4.78 is 6.50. The number of amides is 2. The van der Waals surface area contributed by atoms with Crippen LogP contribution in [-0.2, 0) is 16.1 Å². The second-order valence-corrected chi connectivity index (χ2v) is 6.46. The first-order chi connectivity index (χ1) is 12.0. The van der Waals surface area contributed by atoms with Gasteiger partial charge in [-0.05, 0) is 36.8 Å². The quantitative estimate of drug-likeness (QED) is 0.771. The predicted octanol–water partition coefficient (Wildman–Crippen LogP) is 2.99. The van der Waals surface area contributed by atoms with E-state index in [1.165, 1.54) is 4.90 Å². The first-order valence-electron chi connectivity index (χ1n) is 7.94. The van der Waals surface area contributed by atoms with Gasteiger partial charge < -0.3 is 15.0 Å². The number of nitrogens with one attached hydrogen (secondary N) is 1. The fourth-order valence-electron chi connectivity index (χ4n) is 2.33. The Kier molecular flexibility index (Phi) is 7.01. The van der Waals surface area contributed by atoms with E-state index in [0.717, 1.165) is 10.0 Å². The molecule has 2 amide bonds. The molecule has 6 heteroatoms. The lowest BCUT2D eigenvalue weighted by Crippen LogP contribution is -2.48. The number of ether oxygens (including phenoxy) is 1. The molecule has 25 heavy (non-hydrogen) atoms. The summed E-state index contributed by atoms with van der Waals surface area (Å²) in [6, 6.07) is 16.2. The molecule has 0 aliphatic rings. The molecule has 2 rings (SSSR count). The molecule has 0 spiro atoms. The predicted molar refractivity (Wildman–Crippen MR) is 100 cm³/mol. The van der Waals surface area contributed by atoms with Crippen molar-refractivity contribution in [2.24, 2.45) is 0 Å². The van der Waals surface area contributed by atoms with Crippen molar-refractivity contribution in [2.75, 3.05) is 13.7 Å². The van der Waals surface area contributed by atoms with Crippen molar-refractivity contribution in [1.82, 2.24) is 10.2 Å². The highest BCUT2D eigenvalue weighted by Gasteiger charge is 2.25. The van der Waals surface area contributed by atoms with Crippen molar-refractivity contribution in [3.63, 3.8) is 0 Å². The summed E-state index contributed by atoms with van der Waals surface area (Å²) in [7, 11) is 1.56. The van der Waals surface area contributed by atoms with E-state index in [1.807, 2.05) is 42.5 Å². The smallest absolute Gasteiger partial charge is 0.261 e. The van der Waals surface area contributed by atoms with Crippen molar-refractivity contribution in [3.8, 4) is 5.75 Å². The van der Waals surface area contributed by atoms with Crippen LogP contribution in [0.25, 0.3) is 0 Å². The van der Waals surface area contributed by atoms with Gasteiger partial charge in [-0.3, -0.25) is 9.59 Å². The van der Waals surface area contributed by atoms with Crippen molar-refractivity contribution in [2.45, 2.75) is 19.5 Å². The average molecular weight is 405 g/mol. The van der Waals surface area contributed by atoms with E-state index < -0.39 is 6.04 Å². The molecular formula is C19H21BrN2O3. The Hall–Kier alpha value is -2.34. The van der Waals surface area contributed by atoms with Crippen molar-refractivity contribution in [3.05, 3.63) is 64.6 Å². The third kappa shape index (κ3) is 5.60. The summed E-state index contributed by atoms with van der Waals surface area (Å²) >= 11 is 3.35. The van der Waals surface area contributed by atoms with Crippen molar-refractivity contribution in [1.29, 1.82) is 0 Å². The van der Waals surface area contributed by atoms with Crippen LogP contribution < -0.4 is 10.1 Å². The van der Waals surface area contributed by atoms with E-state index in [2.05, 4.69) is 21.2 Å². The summed E-state index contributed by atoms with van der Waals surface area (Å²) in [4.78, 5) is 26.2. The molecule has 0 bridgehead atoms. The Balaban J connectivity index is 2.08. The minimum atomic E-state index is -0.591. The topological polar surface area (TPSA) is 58.6 Å². The molecule has 0 fully saturated rings. The molecule has 0 aromatic heterocycles. The molecule has 2 aromatic rings. The van der Waals surface area contributed by atoms with Gasteiger partial charge in [0.05, 0.1) is 0 Å². The minimum Gasteiger partial charge on any atom is -0.484 e. The normalized spacial score (nSPS) is 11.5. The minimum absolute atomic E-state index is 0.129. The molecule has 0 saturated carbocycles. The molecule has 2 aromatic carbocycles. The van der Waals surface area contributed by atoms with Crippen molar-refractivity contribution >= 4 is 27.7 Å². The number of likely N-dealkylation sites (N-methyl/N-ethyl adjacent to an activating group) is 1. The molecule has 0 aliphatic carbocycles. The van der Waals surface area contributed by atoms with Crippen LogP contribution in [0.3, 0.4) is 0 Å². The summed E-state index contributed by atoms with van der Waals surface area (Å²) in [6.45, 7) is 1.92. The van der Waals surface area contributed by atoms with Crippen LogP contribution in [0.15, 0.2) is 59.1 Å². The Morgan fingerprint density at radius 2 is 1.76 bits per heavy atom. The summed E-state index contributed by atoms with van der Waals surface area (Å²) in [5, 5.41) is 2.59. The second-order valence-electron chi connectivity index (χ2n) is 5.54. The van der Waals surface area contributed by atoms with Crippen LogP contribution in [0.5, 0.6) is 5.75 Å². The standard InChI is InChI=1S/C19H21BrN2O3/c1-14(19(24)21-2)22(12-15-6-4-3-5-7-15)18(23)13-25-17-10-8-16(20)9-11-17/h3-11,14H,12-13H2,1-2H3,(H,21,24)/t14-/m1/s1. The van der Waals surface area contributed by atoms with Gasteiger partial charge in [-0.15, -0.1) is 0 Å². The van der Waals surface area contributed by atoms with E-state index in [-0.39, 0.29) is 18.4 Å². The molecular weight excluding hydrogens is 384 g/mol. The van der Waals surface area contributed by atoms with Crippen molar-refractivity contribution < 1.29 is 14.3 Å². The summed E-state index contributed by atoms with van der Waals surface area (Å²) in [5.41, 5.74) is 0.954. The van der Waals surface area contributed by atoms with E-state index >= 15 is 0 Å². The number of rotatable bonds is 7. The fourth-order valence-corrected chi connectivity index (χ4v) is 2.59. The molecule has 0 heterocycles. The van der Waals surface area contributed by atoms with Crippen LogP contribution >= 0.6 is 15.9 Å². The van der Waals surface area contributed by atoms with E-state index in [0.29, 0.717) is 12.3 Å². The summed E-state index contributed by atoms with van der Waals surface area (Å²) in [6.07, 6.45) is 0. The van der Waals surface area contributed by atoms with E-state index in [1.54, 1.807) is 26.1 Å². The van der Waals surface area contributed by atoms with E-state index in [4.69, 9.17) is 4.74 Å². The zero-order valence-electron chi connectivity index (χ0n) is 14.2. The number of carbonyl (C=O) groups excluding carboxylic acids is 2. The molecule has 1 atom stereocenters. The maximum Gasteiger partial charge on any atom is 0.261 e. The lowest BCUT2D eigenvalue weighted by atomic mass is 10.1. The number of hydrogen-bond donors (Lipinski definition) is 1. The van der Waals surface area contributed by atoms with Crippen LogP contribution in [-0.4, -0.2) is 36.4 Å². The number of hydrogen-bond acceptors (Lipinski definition) is 3. The van der Waals surface area contributed by atoms with Gasteiger partial charge in [0.1, 0.15) is 11.8 Å². The zero-order valence-corrected chi connectivity index (χ0v) is 15.8. The van der Waals surface area contributed by atoms with Gasteiger partial charge in [-0.25, -0.2) is 0 Å². The average Bonchev–Trinajstić information content (AvgIpc) is 2.65. The molecule has 0 saturated heterocycles. The highest BCUT2D eigenvalue weighted by Crippen LogP contribution is 2.16. The number of halogens is 1. The highest BCUT2D eigenvalue weighted by molar-refractivity contribution is 9.10. The fraction of sp³-hybridized carbons (Fsp3) is 0.263. The van der Waals surface area contributed by atoms with Gasteiger partial charge >= 0.3 is 0 Å². The molecule has 0 unspecified atom stereocenters. The summed E-state index contributed by atoms with van der Waals surface area (Å²) in [5.74, 6) is 0.139. The monoisotopic (exact) mass is 404 g/mol. The van der Waals surface area contributed by atoms with Crippen LogP contribution in [0, 0.1) is 0 Å². The Bertz CT molecular complexity index is 704.